The minimum absolute atomic E-state index is 0.0194. The predicted molar refractivity (Wildman–Crippen MR) is 78.9 cm³/mol. The Morgan fingerprint density at radius 2 is 2.19 bits per heavy atom. The molecule has 21 heavy (non-hydrogen) atoms. The van der Waals surface area contributed by atoms with Crippen molar-refractivity contribution in [1.29, 1.82) is 0 Å². The number of rotatable bonds is 5. The number of nitrogens with two attached hydrogens (primary N) is 1. The first kappa shape index (κ1) is 16.2. The number of halogens is 1. The number of sulfonamides is 1. The molecule has 1 heterocycles. The van der Waals surface area contributed by atoms with Gasteiger partial charge in [-0.15, -0.1) is 0 Å². The van der Waals surface area contributed by atoms with Gasteiger partial charge < -0.3 is 10.5 Å². The summed E-state index contributed by atoms with van der Waals surface area (Å²) in [5, 5.41) is 0. The summed E-state index contributed by atoms with van der Waals surface area (Å²) in [4.78, 5) is 0.0194. The van der Waals surface area contributed by atoms with Crippen LogP contribution in [0.1, 0.15) is 31.2 Å². The van der Waals surface area contributed by atoms with E-state index in [0.29, 0.717) is 18.5 Å². The molecule has 0 spiro atoms. The Labute approximate surface area is 124 Å². The third-order valence-electron chi connectivity index (χ3n) is 3.62. The van der Waals surface area contributed by atoms with Crippen LogP contribution in [-0.4, -0.2) is 27.7 Å². The fourth-order valence-corrected chi connectivity index (χ4v) is 3.73. The fraction of sp³-hybridized carbons (Fsp3) is 0.571. The van der Waals surface area contributed by atoms with E-state index in [1.54, 1.807) is 6.92 Å². The van der Waals surface area contributed by atoms with Crippen molar-refractivity contribution in [2.45, 2.75) is 43.6 Å². The lowest BCUT2D eigenvalue weighted by molar-refractivity contribution is 0.0123. The van der Waals surface area contributed by atoms with Gasteiger partial charge >= 0.3 is 0 Å². The van der Waals surface area contributed by atoms with Gasteiger partial charge in [0, 0.05) is 13.2 Å². The number of ether oxygens (including phenoxy) is 1. The van der Waals surface area contributed by atoms with E-state index in [2.05, 4.69) is 4.72 Å². The van der Waals surface area contributed by atoms with E-state index < -0.39 is 15.8 Å². The Morgan fingerprint density at radius 3 is 2.86 bits per heavy atom. The Hall–Kier alpha value is -1.18. The number of hydrogen-bond acceptors (Lipinski definition) is 4. The summed E-state index contributed by atoms with van der Waals surface area (Å²) in [5.41, 5.74) is 5.61. The van der Waals surface area contributed by atoms with Gasteiger partial charge in [-0.25, -0.2) is 17.5 Å². The zero-order chi connectivity index (χ0) is 15.5. The second-order valence-corrected chi connectivity index (χ2v) is 7.05. The lowest BCUT2D eigenvalue weighted by Gasteiger charge is -2.22. The largest absolute Gasteiger partial charge is 0.396 e. The first-order valence-corrected chi connectivity index (χ1v) is 8.55. The summed E-state index contributed by atoms with van der Waals surface area (Å²) < 4.78 is 45.8. The molecule has 0 saturated carbocycles. The third kappa shape index (κ3) is 4.15. The summed E-state index contributed by atoms with van der Waals surface area (Å²) in [7, 11) is -3.68. The monoisotopic (exact) mass is 316 g/mol. The average molecular weight is 316 g/mol. The van der Waals surface area contributed by atoms with Crippen molar-refractivity contribution in [3.8, 4) is 0 Å². The Bertz CT molecular complexity index is 598. The molecule has 0 aliphatic carbocycles. The van der Waals surface area contributed by atoms with Gasteiger partial charge in [-0.1, -0.05) is 0 Å². The first-order chi connectivity index (χ1) is 9.90. The molecule has 1 aliphatic rings. The highest BCUT2D eigenvalue weighted by Crippen LogP contribution is 2.21. The Morgan fingerprint density at radius 1 is 1.43 bits per heavy atom. The molecule has 1 aromatic carbocycles. The van der Waals surface area contributed by atoms with Crippen LogP contribution in [0.4, 0.5) is 10.1 Å². The van der Waals surface area contributed by atoms with E-state index in [1.165, 1.54) is 0 Å². The number of benzene rings is 1. The molecule has 1 aliphatic heterocycles. The first-order valence-electron chi connectivity index (χ1n) is 7.07. The van der Waals surface area contributed by atoms with E-state index in [-0.39, 0.29) is 16.7 Å². The number of nitrogens with one attached hydrogen (secondary N) is 1. The molecule has 0 amide bonds. The minimum atomic E-state index is -3.68. The molecule has 0 aromatic heterocycles. The van der Waals surface area contributed by atoms with Crippen molar-refractivity contribution in [1.82, 2.24) is 4.72 Å². The zero-order valence-electron chi connectivity index (χ0n) is 12.1. The van der Waals surface area contributed by atoms with Crippen LogP contribution in [0.3, 0.4) is 0 Å². The maximum Gasteiger partial charge on any atom is 0.240 e. The zero-order valence-corrected chi connectivity index (χ0v) is 12.9. The lowest BCUT2D eigenvalue weighted by atomic mass is 10.1. The molecule has 118 valence electrons. The van der Waals surface area contributed by atoms with E-state index in [1.807, 2.05) is 0 Å². The van der Waals surface area contributed by atoms with Gasteiger partial charge in [-0.05, 0) is 50.3 Å². The standard InChI is InChI=1S/C14H21FN2O3S/c1-10-8-12(15)13(16)9-14(10)21(18,19)17-6-5-11-4-2-3-7-20-11/h8-9,11,17H,2-7,16H2,1H3. The minimum Gasteiger partial charge on any atom is -0.396 e. The van der Waals surface area contributed by atoms with Gasteiger partial charge in [0.25, 0.3) is 0 Å². The van der Waals surface area contributed by atoms with Crippen LogP contribution >= 0.6 is 0 Å². The van der Waals surface area contributed by atoms with Crippen molar-refractivity contribution in [2.75, 3.05) is 18.9 Å². The molecule has 1 atom stereocenters. The van der Waals surface area contributed by atoms with Crippen LogP contribution in [0.5, 0.6) is 0 Å². The quantitative estimate of drug-likeness (QED) is 0.814. The summed E-state index contributed by atoms with van der Waals surface area (Å²) in [6, 6.07) is 2.29. The third-order valence-corrected chi connectivity index (χ3v) is 5.22. The topological polar surface area (TPSA) is 81.4 Å². The van der Waals surface area contributed by atoms with E-state index in [0.717, 1.165) is 38.0 Å². The number of anilines is 1. The van der Waals surface area contributed by atoms with Crippen molar-refractivity contribution in [2.24, 2.45) is 0 Å². The van der Waals surface area contributed by atoms with Gasteiger partial charge in [0.15, 0.2) is 0 Å². The molecule has 5 nitrogen and oxygen atoms in total. The van der Waals surface area contributed by atoms with Crippen LogP contribution in [0.25, 0.3) is 0 Å². The highest BCUT2D eigenvalue weighted by atomic mass is 32.2. The average Bonchev–Trinajstić information content (AvgIpc) is 2.43. The number of hydrogen-bond donors (Lipinski definition) is 2. The summed E-state index contributed by atoms with van der Waals surface area (Å²) >= 11 is 0. The number of aryl methyl sites for hydroxylation is 1. The van der Waals surface area contributed by atoms with Crippen molar-refractivity contribution >= 4 is 15.7 Å². The molecule has 7 heteroatoms. The molecule has 0 radical (unpaired) electrons. The Kier molecular flexibility index (Phi) is 5.18. The smallest absolute Gasteiger partial charge is 0.240 e. The molecule has 2 rings (SSSR count). The van der Waals surface area contributed by atoms with Crippen LogP contribution in [0.2, 0.25) is 0 Å². The molecule has 1 fully saturated rings. The molecule has 1 aromatic rings. The van der Waals surface area contributed by atoms with Gasteiger partial charge in [0.2, 0.25) is 10.0 Å². The van der Waals surface area contributed by atoms with Crippen molar-refractivity contribution in [3.05, 3.63) is 23.5 Å². The summed E-state index contributed by atoms with van der Waals surface area (Å²) in [5.74, 6) is -0.609. The summed E-state index contributed by atoms with van der Waals surface area (Å²) in [6.45, 7) is 2.58. The van der Waals surface area contributed by atoms with Crippen LogP contribution in [0, 0.1) is 12.7 Å². The number of nitrogen functional groups attached to an aromatic ring is 1. The van der Waals surface area contributed by atoms with Crippen LogP contribution in [-0.2, 0) is 14.8 Å². The van der Waals surface area contributed by atoms with E-state index in [9.17, 15) is 12.8 Å². The van der Waals surface area contributed by atoms with Gasteiger partial charge in [-0.2, -0.15) is 0 Å². The van der Waals surface area contributed by atoms with E-state index in [4.69, 9.17) is 10.5 Å². The maximum atomic E-state index is 13.3. The van der Waals surface area contributed by atoms with Crippen molar-refractivity contribution < 1.29 is 17.5 Å². The summed E-state index contributed by atoms with van der Waals surface area (Å²) in [6.07, 6.45) is 3.89. The molecular weight excluding hydrogens is 295 g/mol. The maximum absolute atomic E-state index is 13.3. The van der Waals surface area contributed by atoms with Gasteiger partial charge in [0.1, 0.15) is 5.82 Å². The second kappa shape index (κ2) is 6.72. The molecular formula is C14H21FN2O3S. The van der Waals surface area contributed by atoms with Crippen LogP contribution < -0.4 is 10.5 Å². The SMILES string of the molecule is Cc1cc(F)c(N)cc1S(=O)(=O)NCCC1CCCCO1. The van der Waals surface area contributed by atoms with Gasteiger partial charge in [-0.3, -0.25) is 0 Å². The molecule has 3 N–H and O–H groups in total. The molecule has 1 unspecified atom stereocenters. The normalized spacial score (nSPS) is 19.6. The fourth-order valence-electron chi connectivity index (χ4n) is 2.43. The highest BCUT2D eigenvalue weighted by molar-refractivity contribution is 7.89. The molecule has 1 saturated heterocycles. The van der Waals surface area contributed by atoms with Gasteiger partial charge in [0.05, 0.1) is 16.7 Å². The van der Waals surface area contributed by atoms with E-state index >= 15 is 0 Å². The second-order valence-electron chi connectivity index (χ2n) is 5.31. The highest BCUT2D eigenvalue weighted by Gasteiger charge is 2.20. The molecule has 0 bridgehead atoms. The lowest BCUT2D eigenvalue weighted by Crippen LogP contribution is -2.30. The predicted octanol–water partition coefficient (Wildman–Crippen LogP) is 1.95. The Balaban J connectivity index is 1.99. The van der Waals surface area contributed by atoms with Crippen molar-refractivity contribution in [3.63, 3.8) is 0 Å². The van der Waals surface area contributed by atoms with Crippen LogP contribution in [0.15, 0.2) is 17.0 Å².